The fourth-order valence-corrected chi connectivity index (χ4v) is 0.558. The van der Waals surface area contributed by atoms with Gasteiger partial charge in [-0.3, -0.25) is 0 Å². The highest BCUT2D eigenvalue weighted by Crippen LogP contribution is 1.96. The Morgan fingerprint density at radius 3 is 2.20 bits per heavy atom. The summed E-state index contributed by atoms with van der Waals surface area (Å²) in [4.78, 5) is 0. The summed E-state index contributed by atoms with van der Waals surface area (Å²) in [5, 5.41) is 17.0. The van der Waals surface area contributed by atoms with E-state index in [2.05, 4.69) is 0 Å². The minimum absolute atomic E-state index is 0. The molecule has 0 heterocycles. The average molecular weight is 192 g/mol. The van der Waals surface area contributed by atoms with Crippen molar-refractivity contribution in [1.29, 1.82) is 0 Å². The van der Waals surface area contributed by atoms with Gasteiger partial charge in [0.2, 0.25) is 0 Å². The lowest BCUT2D eigenvalue weighted by Crippen LogP contribution is -2.08. The largest absolute Gasteiger partial charge is 0.396 e. The van der Waals surface area contributed by atoms with Gasteiger partial charge >= 0.3 is 0 Å². The van der Waals surface area contributed by atoms with Gasteiger partial charge in [0.1, 0.15) is 0 Å². The molecule has 0 saturated heterocycles. The first kappa shape index (κ1) is 16.8. The first-order chi connectivity index (χ1) is 3.81. The molecule has 0 rings (SSSR count). The molecule has 0 aliphatic rings. The van der Waals surface area contributed by atoms with Crippen molar-refractivity contribution in [3.8, 4) is 0 Å². The zero-order valence-electron chi connectivity index (χ0n) is 5.79. The Hall–Kier alpha value is 0.460. The summed E-state index contributed by atoms with van der Waals surface area (Å²) in [7, 11) is 0. The summed E-state index contributed by atoms with van der Waals surface area (Å²) in [6.07, 6.45) is 0.789. The average Bonchev–Trinajstić information content (AvgIpc) is 1.83. The number of aliphatic hydroxyl groups excluding tert-OH is 2. The summed E-state index contributed by atoms with van der Waals surface area (Å²) >= 11 is 5.26. The number of hydrogen-bond acceptors (Lipinski definition) is 3. The lowest BCUT2D eigenvalue weighted by molar-refractivity contribution is 0.170. The molecule has 0 aliphatic heterocycles. The van der Waals surface area contributed by atoms with Crippen molar-refractivity contribution in [3.63, 3.8) is 0 Å². The molecule has 0 aromatic rings. The van der Waals surface area contributed by atoms with Crippen molar-refractivity contribution in [1.82, 2.24) is 6.15 Å². The standard InChI is InChI=1S/C5H11ClO2.ClH.H3N/c6-4-5(8)2-1-3-7;;/h5,7-8H,1-4H2;1H;1H3. The molecular formula is C5H15Cl2NO2. The maximum Gasteiger partial charge on any atom is 0.0676 e. The molecule has 0 spiro atoms. The molecule has 0 aromatic carbocycles. The van der Waals surface area contributed by atoms with Crippen LogP contribution in [0.15, 0.2) is 0 Å². The summed E-state index contributed by atoms with van der Waals surface area (Å²) in [5.74, 6) is 0.264. The van der Waals surface area contributed by atoms with Gasteiger partial charge in [-0.2, -0.15) is 0 Å². The van der Waals surface area contributed by atoms with Gasteiger partial charge in [0.15, 0.2) is 0 Å². The van der Waals surface area contributed by atoms with Crippen molar-refractivity contribution in [2.75, 3.05) is 12.5 Å². The summed E-state index contributed by atoms with van der Waals surface area (Å²) in [6.45, 7) is 0.133. The molecule has 5 N–H and O–H groups in total. The minimum Gasteiger partial charge on any atom is -0.396 e. The van der Waals surface area contributed by atoms with Crippen LogP contribution in [0, 0.1) is 0 Å². The predicted molar refractivity (Wildman–Crippen MR) is 45.3 cm³/mol. The molecule has 10 heavy (non-hydrogen) atoms. The predicted octanol–water partition coefficient (Wildman–Crippen LogP) is 0.942. The third-order valence-corrected chi connectivity index (χ3v) is 1.23. The topological polar surface area (TPSA) is 75.5 Å². The van der Waals surface area contributed by atoms with E-state index in [1.54, 1.807) is 0 Å². The van der Waals surface area contributed by atoms with E-state index in [4.69, 9.17) is 21.8 Å². The zero-order valence-corrected chi connectivity index (χ0v) is 7.37. The molecule has 1 atom stereocenters. The molecule has 0 bridgehead atoms. The highest BCUT2D eigenvalue weighted by Gasteiger charge is 1.98. The molecule has 1 unspecified atom stereocenters. The molecule has 3 nitrogen and oxygen atoms in total. The van der Waals surface area contributed by atoms with Crippen LogP contribution in [-0.4, -0.2) is 28.8 Å². The minimum atomic E-state index is -0.441. The third kappa shape index (κ3) is 11.3. The van der Waals surface area contributed by atoms with E-state index in [-0.39, 0.29) is 31.0 Å². The van der Waals surface area contributed by atoms with E-state index in [1.807, 2.05) is 0 Å². The van der Waals surface area contributed by atoms with Crippen molar-refractivity contribution < 1.29 is 10.2 Å². The Kier molecular flexibility index (Phi) is 20.5. The van der Waals surface area contributed by atoms with Crippen LogP contribution in [0.4, 0.5) is 0 Å². The van der Waals surface area contributed by atoms with Crippen LogP contribution in [0.5, 0.6) is 0 Å². The molecule has 0 saturated carbocycles. The molecular weight excluding hydrogens is 177 g/mol. The number of alkyl halides is 1. The van der Waals surface area contributed by atoms with Crippen molar-refractivity contribution >= 4 is 24.0 Å². The van der Waals surface area contributed by atoms with E-state index in [0.717, 1.165) is 0 Å². The normalized spacial score (nSPS) is 11.1. The second kappa shape index (κ2) is 12.2. The summed E-state index contributed by atoms with van der Waals surface area (Å²) in [6, 6.07) is 0. The molecule has 0 amide bonds. The third-order valence-electron chi connectivity index (χ3n) is 0.874. The van der Waals surface area contributed by atoms with Gasteiger partial charge in [-0.05, 0) is 12.8 Å². The Morgan fingerprint density at radius 1 is 1.40 bits per heavy atom. The van der Waals surface area contributed by atoms with Crippen molar-refractivity contribution in [2.24, 2.45) is 0 Å². The molecule has 0 aromatic heterocycles. The van der Waals surface area contributed by atoms with Crippen LogP contribution in [-0.2, 0) is 0 Å². The monoisotopic (exact) mass is 191 g/mol. The fourth-order valence-electron chi connectivity index (χ4n) is 0.404. The Morgan fingerprint density at radius 2 is 1.90 bits per heavy atom. The maximum absolute atomic E-state index is 8.75. The van der Waals surface area contributed by atoms with Crippen LogP contribution < -0.4 is 6.15 Å². The first-order valence-electron chi connectivity index (χ1n) is 2.66. The lowest BCUT2D eigenvalue weighted by Gasteiger charge is -2.02. The Labute approximate surface area is 72.4 Å². The van der Waals surface area contributed by atoms with E-state index in [0.29, 0.717) is 12.8 Å². The fraction of sp³-hybridized carbons (Fsp3) is 1.00. The van der Waals surface area contributed by atoms with Gasteiger partial charge < -0.3 is 16.4 Å². The zero-order chi connectivity index (χ0) is 6.41. The van der Waals surface area contributed by atoms with Gasteiger partial charge in [0.25, 0.3) is 0 Å². The maximum atomic E-state index is 8.75. The second-order valence-corrected chi connectivity index (χ2v) is 1.98. The SMILES string of the molecule is Cl.N.OCCCC(O)CCl. The van der Waals surface area contributed by atoms with Gasteiger partial charge in [-0.15, -0.1) is 24.0 Å². The summed E-state index contributed by atoms with van der Waals surface area (Å²) < 4.78 is 0. The highest BCUT2D eigenvalue weighted by atomic mass is 35.5. The quantitative estimate of drug-likeness (QED) is 0.580. The van der Waals surface area contributed by atoms with Gasteiger partial charge in [0.05, 0.1) is 6.10 Å². The Balaban J connectivity index is -0.000000245. The highest BCUT2D eigenvalue weighted by molar-refractivity contribution is 6.18. The van der Waals surface area contributed by atoms with Crippen molar-refractivity contribution in [3.05, 3.63) is 0 Å². The number of aliphatic hydroxyl groups is 2. The second-order valence-electron chi connectivity index (χ2n) is 1.67. The lowest BCUT2D eigenvalue weighted by atomic mass is 10.2. The number of rotatable bonds is 4. The van der Waals surface area contributed by atoms with Gasteiger partial charge in [-0.1, -0.05) is 0 Å². The van der Waals surface area contributed by atoms with Crippen LogP contribution in [0.3, 0.4) is 0 Å². The molecule has 5 heteroatoms. The van der Waals surface area contributed by atoms with Crippen LogP contribution in [0.25, 0.3) is 0 Å². The summed E-state index contributed by atoms with van der Waals surface area (Å²) in [5.41, 5.74) is 0. The number of halogens is 2. The van der Waals surface area contributed by atoms with Crippen LogP contribution >= 0.6 is 24.0 Å². The van der Waals surface area contributed by atoms with E-state index in [9.17, 15) is 0 Å². The van der Waals surface area contributed by atoms with Gasteiger partial charge in [-0.25, -0.2) is 0 Å². The smallest absolute Gasteiger partial charge is 0.0676 e. The number of hydrogen-bond donors (Lipinski definition) is 3. The first-order valence-corrected chi connectivity index (χ1v) is 3.19. The van der Waals surface area contributed by atoms with E-state index in [1.165, 1.54) is 0 Å². The molecule has 66 valence electrons. The van der Waals surface area contributed by atoms with E-state index < -0.39 is 6.10 Å². The van der Waals surface area contributed by atoms with E-state index >= 15 is 0 Å². The van der Waals surface area contributed by atoms with Crippen LogP contribution in [0.2, 0.25) is 0 Å². The molecule has 0 radical (unpaired) electrons. The van der Waals surface area contributed by atoms with Gasteiger partial charge in [0, 0.05) is 12.5 Å². The van der Waals surface area contributed by atoms with Crippen molar-refractivity contribution in [2.45, 2.75) is 18.9 Å². The molecule has 0 aliphatic carbocycles. The van der Waals surface area contributed by atoms with Crippen LogP contribution in [0.1, 0.15) is 12.8 Å². The Bertz CT molecular complexity index is 56.9. The molecule has 0 fully saturated rings.